The summed E-state index contributed by atoms with van der Waals surface area (Å²) in [4.78, 5) is 24.9. The predicted molar refractivity (Wildman–Crippen MR) is 73.8 cm³/mol. The van der Waals surface area contributed by atoms with Crippen LogP contribution in [0.1, 0.15) is 31.4 Å². The van der Waals surface area contributed by atoms with Gasteiger partial charge in [0.1, 0.15) is 6.04 Å². The quantitative estimate of drug-likeness (QED) is 0.868. The number of urea groups is 1. The van der Waals surface area contributed by atoms with Crippen LogP contribution in [0.3, 0.4) is 0 Å². The minimum Gasteiger partial charge on any atom is -0.326 e. The topological polar surface area (TPSA) is 49.4 Å². The minimum atomic E-state index is -4.52. The van der Waals surface area contributed by atoms with E-state index >= 15 is 0 Å². The summed E-state index contributed by atoms with van der Waals surface area (Å²) in [6.07, 6.45) is -4.06. The number of halogens is 3. The molecule has 1 aliphatic rings. The Balaban J connectivity index is 2.21. The monoisotopic (exact) mass is 314 g/mol. The van der Waals surface area contributed by atoms with Crippen LogP contribution in [0.25, 0.3) is 0 Å². The van der Waals surface area contributed by atoms with Gasteiger partial charge in [-0.05, 0) is 24.0 Å². The van der Waals surface area contributed by atoms with Gasteiger partial charge < -0.3 is 5.32 Å². The van der Waals surface area contributed by atoms with Crippen LogP contribution in [0.2, 0.25) is 0 Å². The molecule has 1 fully saturated rings. The summed E-state index contributed by atoms with van der Waals surface area (Å²) in [5, 5.41) is 2.52. The Kier molecular flexibility index (Phi) is 4.44. The molecule has 2 rings (SSSR count). The first-order valence-corrected chi connectivity index (χ1v) is 6.97. The van der Waals surface area contributed by atoms with E-state index in [9.17, 15) is 22.8 Å². The van der Waals surface area contributed by atoms with Gasteiger partial charge in [-0.15, -0.1) is 0 Å². The third-order valence-corrected chi connectivity index (χ3v) is 3.47. The first-order chi connectivity index (χ1) is 10.2. The van der Waals surface area contributed by atoms with Gasteiger partial charge in [0.25, 0.3) is 5.91 Å². The molecular formula is C15H17F3N2O2. The number of imide groups is 1. The smallest absolute Gasteiger partial charge is 0.326 e. The van der Waals surface area contributed by atoms with Crippen molar-refractivity contribution in [1.29, 1.82) is 0 Å². The molecule has 120 valence electrons. The van der Waals surface area contributed by atoms with E-state index in [0.717, 1.165) is 11.0 Å². The van der Waals surface area contributed by atoms with Crippen molar-refractivity contribution < 1.29 is 22.8 Å². The molecule has 0 aromatic heterocycles. The number of amides is 3. The van der Waals surface area contributed by atoms with E-state index in [0.29, 0.717) is 6.42 Å². The maximum absolute atomic E-state index is 13.0. The molecule has 1 heterocycles. The molecule has 7 heteroatoms. The zero-order chi connectivity index (χ0) is 16.5. The highest BCUT2D eigenvalue weighted by molar-refractivity contribution is 6.04. The zero-order valence-corrected chi connectivity index (χ0v) is 12.3. The van der Waals surface area contributed by atoms with E-state index in [1.165, 1.54) is 18.2 Å². The molecule has 0 aliphatic carbocycles. The fourth-order valence-corrected chi connectivity index (χ4v) is 2.46. The third kappa shape index (κ3) is 3.40. The first kappa shape index (κ1) is 16.3. The van der Waals surface area contributed by atoms with Crippen LogP contribution in [-0.2, 0) is 17.5 Å². The molecule has 1 aromatic carbocycles. The Hall–Kier alpha value is -2.05. The molecule has 0 saturated carbocycles. The van der Waals surface area contributed by atoms with Crippen LogP contribution in [0.4, 0.5) is 18.0 Å². The number of benzene rings is 1. The fourth-order valence-electron chi connectivity index (χ4n) is 2.46. The number of carbonyl (C=O) groups is 2. The molecular weight excluding hydrogens is 297 g/mol. The van der Waals surface area contributed by atoms with E-state index in [4.69, 9.17) is 0 Å². The van der Waals surface area contributed by atoms with Gasteiger partial charge in [-0.2, -0.15) is 13.2 Å². The molecule has 1 aromatic rings. The normalized spacial score (nSPS) is 19.0. The van der Waals surface area contributed by atoms with E-state index < -0.39 is 29.7 Å². The second-order valence-electron chi connectivity index (χ2n) is 5.71. The van der Waals surface area contributed by atoms with Gasteiger partial charge in [0.05, 0.1) is 12.1 Å². The summed E-state index contributed by atoms with van der Waals surface area (Å²) in [7, 11) is 0. The van der Waals surface area contributed by atoms with Crippen LogP contribution < -0.4 is 5.32 Å². The van der Waals surface area contributed by atoms with Crippen molar-refractivity contribution in [2.45, 2.75) is 39.0 Å². The van der Waals surface area contributed by atoms with E-state index in [1.807, 2.05) is 13.8 Å². The molecule has 0 bridgehead atoms. The SMILES string of the molecule is CC(C)CC1NC(=O)N(Cc2ccccc2C(F)(F)F)C1=O. The number of rotatable bonds is 4. The largest absolute Gasteiger partial charge is 0.416 e. The summed E-state index contributed by atoms with van der Waals surface area (Å²) in [5.74, 6) is -0.285. The molecule has 1 unspecified atom stereocenters. The lowest BCUT2D eigenvalue weighted by Gasteiger charge is -2.17. The van der Waals surface area contributed by atoms with Crippen LogP contribution >= 0.6 is 0 Å². The van der Waals surface area contributed by atoms with Crippen molar-refractivity contribution >= 4 is 11.9 Å². The van der Waals surface area contributed by atoms with E-state index in [-0.39, 0.29) is 18.0 Å². The van der Waals surface area contributed by atoms with E-state index in [2.05, 4.69) is 5.32 Å². The molecule has 0 spiro atoms. The molecule has 0 radical (unpaired) electrons. The maximum atomic E-state index is 13.0. The van der Waals surface area contributed by atoms with E-state index in [1.54, 1.807) is 0 Å². The summed E-state index contributed by atoms with van der Waals surface area (Å²) in [6, 6.07) is 3.64. The second kappa shape index (κ2) is 5.98. The highest BCUT2D eigenvalue weighted by Crippen LogP contribution is 2.32. The summed E-state index contributed by atoms with van der Waals surface area (Å²) in [6.45, 7) is 3.43. The molecule has 3 amide bonds. The van der Waals surface area contributed by atoms with Crippen molar-refractivity contribution in [2.75, 3.05) is 0 Å². The number of nitrogens with zero attached hydrogens (tertiary/aromatic N) is 1. The predicted octanol–water partition coefficient (Wildman–Crippen LogP) is 3.17. The molecule has 1 saturated heterocycles. The third-order valence-electron chi connectivity index (χ3n) is 3.47. The maximum Gasteiger partial charge on any atom is 0.416 e. The molecule has 1 aliphatic heterocycles. The average molecular weight is 314 g/mol. The van der Waals surface area contributed by atoms with Gasteiger partial charge in [-0.25, -0.2) is 4.79 Å². The van der Waals surface area contributed by atoms with Crippen molar-refractivity contribution in [3.63, 3.8) is 0 Å². The van der Waals surface area contributed by atoms with Crippen LogP contribution in [0.15, 0.2) is 24.3 Å². The number of nitrogens with one attached hydrogen (secondary N) is 1. The Morgan fingerprint density at radius 3 is 2.45 bits per heavy atom. The van der Waals surface area contributed by atoms with Crippen molar-refractivity contribution in [3.05, 3.63) is 35.4 Å². The van der Waals surface area contributed by atoms with Crippen molar-refractivity contribution in [1.82, 2.24) is 10.2 Å². The van der Waals surface area contributed by atoms with Crippen molar-refractivity contribution in [2.24, 2.45) is 5.92 Å². The van der Waals surface area contributed by atoms with Gasteiger partial charge in [0, 0.05) is 0 Å². The van der Waals surface area contributed by atoms with Crippen LogP contribution in [-0.4, -0.2) is 22.9 Å². The number of alkyl halides is 3. The lowest BCUT2D eigenvalue weighted by Crippen LogP contribution is -2.32. The summed E-state index contributed by atoms with van der Waals surface area (Å²) in [5.41, 5.74) is -0.924. The summed E-state index contributed by atoms with van der Waals surface area (Å²) < 4.78 is 38.9. The zero-order valence-electron chi connectivity index (χ0n) is 12.3. The Morgan fingerprint density at radius 2 is 1.86 bits per heavy atom. The highest BCUT2D eigenvalue weighted by atomic mass is 19.4. The first-order valence-electron chi connectivity index (χ1n) is 6.97. The van der Waals surface area contributed by atoms with Gasteiger partial charge in [-0.1, -0.05) is 32.0 Å². The standard InChI is InChI=1S/C15H17F3N2O2/c1-9(2)7-12-13(21)20(14(22)19-12)8-10-5-3-4-6-11(10)15(16,17)18/h3-6,9,12H,7-8H2,1-2H3,(H,19,22). The Labute approximate surface area is 126 Å². The number of carbonyl (C=O) groups excluding carboxylic acids is 2. The number of hydrogen-bond acceptors (Lipinski definition) is 2. The Bertz CT molecular complexity index is 584. The lowest BCUT2D eigenvalue weighted by molar-refractivity contribution is -0.139. The molecule has 1 N–H and O–H groups in total. The van der Waals surface area contributed by atoms with Gasteiger partial charge in [-0.3, -0.25) is 9.69 Å². The molecule has 22 heavy (non-hydrogen) atoms. The second-order valence-corrected chi connectivity index (χ2v) is 5.71. The van der Waals surface area contributed by atoms with Gasteiger partial charge in [0.2, 0.25) is 0 Å². The summed E-state index contributed by atoms with van der Waals surface area (Å²) >= 11 is 0. The fraction of sp³-hybridized carbons (Fsp3) is 0.467. The lowest BCUT2D eigenvalue weighted by atomic mass is 10.0. The van der Waals surface area contributed by atoms with Crippen LogP contribution in [0, 0.1) is 5.92 Å². The molecule has 1 atom stereocenters. The van der Waals surface area contributed by atoms with Crippen LogP contribution in [0.5, 0.6) is 0 Å². The minimum absolute atomic E-state index is 0.0938. The van der Waals surface area contributed by atoms with Gasteiger partial charge >= 0.3 is 12.2 Å². The van der Waals surface area contributed by atoms with Crippen molar-refractivity contribution in [3.8, 4) is 0 Å². The average Bonchev–Trinajstić information content (AvgIpc) is 2.65. The Morgan fingerprint density at radius 1 is 1.23 bits per heavy atom. The number of hydrogen-bond donors (Lipinski definition) is 1. The highest BCUT2D eigenvalue weighted by Gasteiger charge is 2.40. The van der Waals surface area contributed by atoms with Gasteiger partial charge in [0.15, 0.2) is 0 Å². The molecule has 4 nitrogen and oxygen atoms in total.